The molecular formula is C25H20N4O4. The molecule has 8 nitrogen and oxygen atoms in total. The fraction of sp³-hybridized carbons (Fsp3) is 0.0800. The highest BCUT2D eigenvalue weighted by atomic mass is 16.5. The molecule has 2 amide bonds. The summed E-state index contributed by atoms with van der Waals surface area (Å²) in [4.78, 5) is 33.7. The standard InChI is InChI=1S/C25H20N4O4/c1-3-15-7-6-8-17(13-15)29-22(30)18-9-4-5-10-19(18)25(29,32)16-11-12-20-21(14-16)27-23(26-20)28-24(31)33-2/h3-14,32H,1H2,2H3,(H2,26,27,28,31). The van der Waals surface area contributed by atoms with E-state index in [1.165, 1.54) is 12.0 Å². The number of rotatable bonds is 4. The molecule has 0 radical (unpaired) electrons. The Hall–Kier alpha value is -4.43. The predicted octanol–water partition coefficient (Wildman–Crippen LogP) is 4.24. The van der Waals surface area contributed by atoms with Crippen molar-refractivity contribution in [3.63, 3.8) is 0 Å². The van der Waals surface area contributed by atoms with Gasteiger partial charge in [0.2, 0.25) is 5.95 Å². The van der Waals surface area contributed by atoms with Crippen molar-refractivity contribution >= 4 is 40.7 Å². The Kier molecular flexibility index (Phi) is 4.72. The highest BCUT2D eigenvalue weighted by Gasteiger charge is 2.50. The Morgan fingerprint density at radius 2 is 2.00 bits per heavy atom. The second kappa shape index (κ2) is 7.61. The van der Waals surface area contributed by atoms with Gasteiger partial charge in [0.25, 0.3) is 5.91 Å². The third-order valence-electron chi connectivity index (χ3n) is 5.72. The maximum absolute atomic E-state index is 13.5. The number of imidazole rings is 1. The summed E-state index contributed by atoms with van der Waals surface area (Å²) in [6.45, 7) is 3.80. The second-order valence-electron chi connectivity index (χ2n) is 7.59. The molecule has 0 fully saturated rings. The first-order valence-corrected chi connectivity index (χ1v) is 10.2. The number of H-pyrrole nitrogens is 1. The lowest BCUT2D eigenvalue weighted by molar-refractivity contribution is 0.0704. The Bertz CT molecular complexity index is 1430. The summed E-state index contributed by atoms with van der Waals surface area (Å²) >= 11 is 0. The molecule has 1 aromatic heterocycles. The van der Waals surface area contributed by atoms with E-state index in [-0.39, 0.29) is 11.9 Å². The van der Waals surface area contributed by atoms with Crippen molar-refractivity contribution in [2.24, 2.45) is 0 Å². The largest absolute Gasteiger partial charge is 0.453 e. The Balaban J connectivity index is 1.68. The van der Waals surface area contributed by atoms with Crippen LogP contribution in [0, 0.1) is 0 Å². The average molecular weight is 440 g/mol. The molecule has 0 saturated carbocycles. The van der Waals surface area contributed by atoms with Crippen molar-refractivity contribution in [1.82, 2.24) is 9.97 Å². The summed E-state index contributed by atoms with van der Waals surface area (Å²) < 4.78 is 4.60. The third kappa shape index (κ3) is 3.16. The first kappa shape index (κ1) is 20.5. The van der Waals surface area contributed by atoms with Crippen molar-refractivity contribution in [1.29, 1.82) is 0 Å². The van der Waals surface area contributed by atoms with Gasteiger partial charge in [-0.25, -0.2) is 9.78 Å². The molecule has 0 aliphatic carbocycles. The summed E-state index contributed by atoms with van der Waals surface area (Å²) in [5.74, 6) is -0.107. The Morgan fingerprint density at radius 1 is 1.18 bits per heavy atom. The highest BCUT2D eigenvalue weighted by Crippen LogP contribution is 2.45. The molecule has 1 aliphatic heterocycles. The number of nitrogens with zero attached hydrogens (tertiary/aromatic N) is 2. The van der Waals surface area contributed by atoms with Crippen LogP contribution in [0.15, 0.2) is 73.3 Å². The zero-order valence-electron chi connectivity index (χ0n) is 17.7. The number of anilines is 2. The molecule has 0 bridgehead atoms. The van der Waals surface area contributed by atoms with Crippen LogP contribution in [0.3, 0.4) is 0 Å². The monoisotopic (exact) mass is 440 g/mol. The summed E-state index contributed by atoms with van der Waals surface area (Å²) in [6, 6.07) is 19.4. The number of aromatic amines is 1. The summed E-state index contributed by atoms with van der Waals surface area (Å²) in [7, 11) is 1.26. The molecule has 2 heterocycles. The van der Waals surface area contributed by atoms with Crippen LogP contribution in [0.25, 0.3) is 17.1 Å². The number of carbonyl (C=O) groups excluding carboxylic acids is 2. The first-order chi connectivity index (χ1) is 16.0. The van der Waals surface area contributed by atoms with E-state index < -0.39 is 11.8 Å². The van der Waals surface area contributed by atoms with Gasteiger partial charge in [0.1, 0.15) is 0 Å². The number of nitrogens with one attached hydrogen (secondary N) is 2. The molecule has 1 atom stereocenters. The summed E-state index contributed by atoms with van der Waals surface area (Å²) in [6.07, 6.45) is 1.03. The van der Waals surface area contributed by atoms with Gasteiger partial charge in [-0.2, -0.15) is 0 Å². The number of carbonyl (C=O) groups is 2. The van der Waals surface area contributed by atoms with Crippen molar-refractivity contribution in [2.45, 2.75) is 5.72 Å². The lowest BCUT2D eigenvalue weighted by Crippen LogP contribution is -2.45. The number of hydrogen-bond acceptors (Lipinski definition) is 5. The van der Waals surface area contributed by atoms with E-state index in [4.69, 9.17) is 0 Å². The quantitative estimate of drug-likeness (QED) is 0.440. The van der Waals surface area contributed by atoms with Crippen molar-refractivity contribution in [3.8, 4) is 0 Å². The molecule has 164 valence electrons. The minimum Gasteiger partial charge on any atom is -0.453 e. The van der Waals surface area contributed by atoms with Crippen LogP contribution in [0.4, 0.5) is 16.4 Å². The van der Waals surface area contributed by atoms with Crippen molar-refractivity contribution in [3.05, 3.63) is 95.6 Å². The third-order valence-corrected chi connectivity index (χ3v) is 5.72. The maximum Gasteiger partial charge on any atom is 0.413 e. The molecule has 33 heavy (non-hydrogen) atoms. The molecule has 3 aromatic carbocycles. The summed E-state index contributed by atoms with van der Waals surface area (Å²) in [5, 5.41) is 14.6. The number of amides is 2. The van der Waals surface area contributed by atoms with Gasteiger partial charge in [-0.05, 0) is 35.9 Å². The normalized spacial score (nSPS) is 17.2. The minimum absolute atomic E-state index is 0.208. The fourth-order valence-electron chi connectivity index (χ4n) is 4.17. The first-order valence-electron chi connectivity index (χ1n) is 10.2. The van der Waals surface area contributed by atoms with Gasteiger partial charge >= 0.3 is 6.09 Å². The van der Waals surface area contributed by atoms with Crippen LogP contribution in [0.5, 0.6) is 0 Å². The molecule has 8 heteroatoms. The number of methoxy groups -OCH3 is 1. The van der Waals surface area contributed by atoms with Gasteiger partial charge in [0, 0.05) is 22.4 Å². The van der Waals surface area contributed by atoms with E-state index in [2.05, 4.69) is 26.6 Å². The molecule has 1 unspecified atom stereocenters. The number of aromatic nitrogens is 2. The number of fused-ring (bicyclic) bond motifs is 2. The molecular weight excluding hydrogens is 420 g/mol. The topological polar surface area (TPSA) is 108 Å². The van der Waals surface area contributed by atoms with E-state index in [1.54, 1.807) is 60.7 Å². The molecule has 5 rings (SSSR count). The zero-order valence-corrected chi connectivity index (χ0v) is 17.7. The number of ether oxygens (including phenoxy) is 1. The van der Waals surface area contributed by atoms with Crippen molar-refractivity contribution in [2.75, 3.05) is 17.3 Å². The predicted molar refractivity (Wildman–Crippen MR) is 125 cm³/mol. The van der Waals surface area contributed by atoms with Crippen LogP contribution in [0.1, 0.15) is 27.0 Å². The van der Waals surface area contributed by atoms with E-state index in [0.717, 1.165) is 5.56 Å². The number of aliphatic hydroxyl groups is 1. The Labute approximate surface area is 189 Å². The molecule has 0 spiro atoms. The molecule has 1 aliphatic rings. The molecule has 0 saturated heterocycles. The fourth-order valence-corrected chi connectivity index (χ4v) is 4.17. The number of hydrogen-bond donors (Lipinski definition) is 3. The van der Waals surface area contributed by atoms with Gasteiger partial charge in [0.15, 0.2) is 5.72 Å². The van der Waals surface area contributed by atoms with Crippen LogP contribution < -0.4 is 10.2 Å². The highest BCUT2D eigenvalue weighted by molar-refractivity contribution is 6.12. The summed E-state index contributed by atoms with van der Waals surface area (Å²) in [5.41, 5.74) is 2.08. The lowest BCUT2D eigenvalue weighted by Gasteiger charge is -2.35. The Morgan fingerprint density at radius 3 is 2.79 bits per heavy atom. The van der Waals surface area contributed by atoms with Crippen LogP contribution in [-0.2, 0) is 10.5 Å². The van der Waals surface area contributed by atoms with Gasteiger partial charge < -0.3 is 14.8 Å². The van der Waals surface area contributed by atoms with E-state index >= 15 is 0 Å². The molecule has 4 aromatic rings. The number of benzene rings is 3. The average Bonchev–Trinajstić information content (AvgIpc) is 3.34. The van der Waals surface area contributed by atoms with E-state index in [0.29, 0.717) is 33.4 Å². The van der Waals surface area contributed by atoms with Crippen LogP contribution >= 0.6 is 0 Å². The van der Waals surface area contributed by atoms with Crippen molar-refractivity contribution < 1.29 is 19.4 Å². The van der Waals surface area contributed by atoms with E-state index in [1.807, 2.05) is 12.1 Å². The SMILES string of the molecule is C=Cc1cccc(N2C(=O)c3ccccc3C2(O)c2ccc3[nH]c(NC(=O)OC)nc3c2)c1. The van der Waals surface area contributed by atoms with Crippen LogP contribution in [0.2, 0.25) is 0 Å². The van der Waals surface area contributed by atoms with Gasteiger partial charge in [-0.1, -0.05) is 49.1 Å². The maximum atomic E-state index is 13.5. The second-order valence-corrected chi connectivity index (χ2v) is 7.59. The minimum atomic E-state index is -1.77. The van der Waals surface area contributed by atoms with E-state index in [9.17, 15) is 14.7 Å². The molecule has 3 N–H and O–H groups in total. The zero-order chi connectivity index (χ0) is 23.2. The lowest BCUT2D eigenvalue weighted by atomic mass is 9.93. The van der Waals surface area contributed by atoms with Gasteiger partial charge in [0.05, 0.1) is 18.1 Å². The van der Waals surface area contributed by atoms with Crippen LogP contribution in [-0.4, -0.2) is 34.2 Å². The van der Waals surface area contributed by atoms with Gasteiger partial charge in [-0.15, -0.1) is 0 Å². The van der Waals surface area contributed by atoms with Gasteiger partial charge in [-0.3, -0.25) is 15.0 Å². The smallest absolute Gasteiger partial charge is 0.413 e.